The van der Waals surface area contributed by atoms with Gasteiger partial charge >= 0.3 is 0 Å². The van der Waals surface area contributed by atoms with Crippen LogP contribution in [0.5, 0.6) is 0 Å². The first-order chi connectivity index (χ1) is 8.54. The Morgan fingerprint density at radius 3 is 2.44 bits per heavy atom. The van der Waals surface area contributed by atoms with Gasteiger partial charge in [0.15, 0.2) is 0 Å². The SMILES string of the molecule is CC(Nc1cc(F)cc(Cl)c1)c1ccc(Br)cc1. The Bertz CT molecular complexity index is 522. The Hall–Kier alpha value is -1.06. The monoisotopic (exact) mass is 327 g/mol. The summed E-state index contributed by atoms with van der Waals surface area (Å²) < 4.78 is 14.2. The number of rotatable bonds is 3. The van der Waals surface area contributed by atoms with E-state index in [2.05, 4.69) is 21.2 Å². The van der Waals surface area contributed by atoms with Crippen molar-refractivity contribution in [2.24, 2.45) is 0 Å². The number of nitrogens with one attached hydrogen (secondary N) is 1. The lowest BCUT2D eigenvalue weighted by molar-refractivity contribution is 0.628. The number of halogens is 3. The standard InChI is InChI=1S/C14H12BrClFN/c1-9(10-2-4-11(15)5-3-10)18-14-7-12(16)6-13(17)8-14/h2-9,18H,1H3. The summed E-state index contributed by atoms with van der Waals surface area (Å²) in [5.41, 5.74) is 1.80. The Kier molecular flexibility index (Phi) is 4.25. The van der Waals surface area contributed by atoms with Crippen molar-refractivity contribution in [3.8, 4) is 0 Å². The lowest BCUT2D eigenvalue weighted by Crippen LogP contribution is -2.06. The van der Waals surface area contributed by atoms with Crippen molar-refractivity contribution in [3.05, 3.63) is 63.3 Å². The van der Waals surface area contributed by atoms with E-state index in [1.165, 1.54) is 12.1 Å². The van der Waals surface area contributed by atoms with Crippen LogP contribution >= 0.6 is 27.5 Å². The zero-order valence-corrected chi connectivity index (χ0v) is 12.1. The molecule has 0 saturated carbocycles. The highest BCUT2D eigenvalue weighted by atomic mass is 79.9. The van der Waals surface area contributed by atoms with Gasteiger partial charge in [-0.05, 0) is 42.8 Å². The van der Waals surface area contributed by atoms with Gasteiger partial charge in [-0.2, -0.15) is 0 Å². The molecule has 0 amide bonds. The van der Waals surface area contributed by atoms with Crippen LogP contribution in [0.3, 0.4) is 0 Å². The zero-order chi connectivity index (χ0) is 13.1. The number of benzene rings is 2. The molecular formula is C14H12BrClFN. The van der Waals surface area contributed by atoms with E-state index >= 15 is 0 Å². The molecule has 0 fully saturated rings. The first kappa shape index (κ1) is 13.4. The van der Waals surface area contributed by atoms with Crippen LogP contribution in [0.2, 0.25) is 5.02 Å². The van der Waals surface area contributed by atoms with E-state index < -0.39 is 0 Å². The van der Waals surface area contributed by atoms with Gasteiger partial charge in [0.2, 0.25) is 0 Å². The normalized spacial score (nSPS) is 12.2. The second-order valence-electron chi connectivity index (χ2n) is 4.08. The maximum atomic E-state index is 13.2. The molecule has 18 heavy (non-hydrogen) atoms. The molecule has 2 aromatic carbocycles. The van der Waals surface area contributed by atoms with E-state index in [0.29, 0.717) is 10.7 Å². The highest BCUT2D eigenvalue weighted by molar-refractivity contribution is 9.10. The molecule has 1 atom stereocenters. The molecule has 0 bridgehead atoms. The van der Waals surface area contributed by atoms with E-state index in [0.717, 1.165) is 10.0 Å². The number of hydrogen-bond donors (Lipinski definition) is 1. The Morgan fingerprint density at radius 1 is 1.17 bits per heavy atom. The topological polar surface area (TPSA) is 12.0 Å². The van der Waals surface area contributed by atoms with E-state index in [1.807, 2.05) is 31.2 Å². The van der Waals surface area contributed by atoms with Crippen molar-refractivity contribution in [1.82, 2.24) is 0 Å². The van der Waals surface area contributed by atoms with Crippen LogP contribution in [0, 0.1) is 5.82 Å². The van der Waals surface area contributed by atoms with Crippen LogP contribution in [0.15, 0.2) is 46.9 Å². The molecule has 1 unspecified atom stereocenters. The molecular weight excluding hydrogens is 317 g/mol. The fourth-order valence-electron chi connectivity index (χ4n) is 1.72. The molecule has 0 radical (unpaired) electrons. The molecule has 0 spiro atoms. The molecule has 0 aromatic heterocycles. The van der Waals surface area contributed by atoms with E-state index in [4.69, 9.17) is 11.6 Å². The van der Waals surface area contributed by atoms with E-state index in [-0.39, 0.29) is 11.9 Å². The first-order valence-corrected chi connectivity index (χ1v) is 6.70. The molecule has 0 heterocycles. The fourth-order valence-corrected chi connectivity index (χ4v) is 2.21. The average molecular weight is 329 g/mol. The summed E-state index contributed by atoms with van der Waals surface area (Å²) in [6, 6.07) is 12.5. The summed E-state index contributed by atoms with van der Waals surface area (Å²) >= 11 is 9.21. The van der Waals surface area contributed by atoms with Crippen molar-refractivity contribution >= 4 is 33.2 Å². The van der Waals surface area contributed by atoms with Gasteiger partial charge < -0.3 is 5.32 Å². The van der Waals surface area contributed by atoms with Crippen LogP contribution in [0.1, 0.15) is 18.5 Å². The zero-order valence-electron chi connectivity index (χ0n) is 9.75. The average Bonchev–Trinajstić information content (AvgIpc) is 2.28. The fraction of sp³-hybridized carbons (Fsp3) is 0.143. The summed E-state index contributed by atoms with van der Waals surface area (Å²) in [7, 11) is 0. The molecule has 0 aliphatic rings. The minimum Gasteiger partial charge on any atom is -0.378 e. The third-order valence-corrected chi connectivity index (χ3v) is 3.36. The van der Waals surface area contributed by atoms with Crippen molar-refractivity contribution in [1.29, 1.82) is 0 Å². The predicted molar refractivity (Wildman–Crippen MR) is 77.6 cm³/mol. The maximum Gasteiger partial charge on any atom is 0.126 e. The molecule has 4 heteroatoms. The minimum absolute atomic E-state index is 0.0796. The van der Waals surface area contributed by atoms with Crippen LogP contribution < -0.4 is 5.32 Å². The first-order valence-electron chi connectivity index (χ1n) is 5.53. The Labute approximate surface area is 119 Å². The maximum absolute atomic E-state index is 13.2. The Balaban J connectivity index is 2.15. The van der Waals surface area contributed by atoms with Crippen molar-refractivity contribution in [2.45, 2.75) is 13.0 Å². The number of hydrogen-bond acceptors (Lipinski definition) is 1. The van der Waals surface area contributed by atoms with Crippen molar-refractivity contribution in [2.75, 3.05) is 5.32 Å². The van der Waals surface area contributed by atoms with Gasteiger partial charge in [0.1, 0.15) is 5.82 Å². The summed E-state index contributed by atoms with van der Waals surface area (Å²) in [6.07, 6.45) is 0. The van der Waals surface area contributed by atoms with Gasteiger partial charge in [0.05, 0.1) is 0 Å². The third-order valence-electron chi connectivity index (χ3n) is 2.62. The highest BCUT2D eigenvalue weighted by Gasteiger charge is 2.06. The van der Waals surface area contributed by atoms with E-state index in [9.17, 15) is 4.39 Å². The third kappa shape index (κ3) is 3.47. The van der Waals surface area contributed by atoms with Gasteiger partial charge in [0, 0.05) is 21.2 Å². The second-order valence-corrected chi connectivity index (χ2v) is 5.43. The molecule has 2 aromatic rings. The van der Waals surface area contributed by atoms with Crippen molar-refractivity contribution < 1.29 is 4.39 Å². The summed E-state index contributed by atoms with van der Waals surface area (Å²) in [4.78, 5) is 0. The van der Waals surface area contributed by atoms with Crippen LogP contribution in [-0.2, 0) is 0 Å². The van der Waals surface area contributed by atoms with E-state index in [1.54, 1.807) is 6.07 Å². The molecule has 2 rings (SSSR count). The van der Waals surface area contributed by atoms with Crippen LogP contribution in [-0.4, -0.2) is 0 Å². The molecule has 94 valence electrons. The smallest absolute Gasteiger partial charge is 0.126 e. The summed E-state index contributed by atoms with van der Waals surface area (Å²) in [5.74, 6) is -0.340. The summed E-state index contributed by atoms with van der Waals surface area (Å²) in [5, 5.41) is 3.61. The summed E-state index contributed by atoms with van der Waals surface area (Å²) in [6.45, 7) is 2.02. The van der Waals surface area contributed by atoms with Gasteiger partial charge in [-0.15, -0.1) is 0 Å². The molecule has 0 aliphatic carbocycles. The van der Waals surface area contributed by atoms with Gasteiger partial charge in [-0.1, -0.05) is 39.7 Å². The molecule has 1 nitrogen and oxygen atoms in total. The van der Waals surface area contributed by atoms with Crippen molar-refractivity contribution in [3.63, 3.8) is 0 Å². The van der Waals surface area contributed by atoms with Gasteiger partial charge in [-0.25, -0.2) is 4.39 Å². The molecule has 0 aliphatic heterocycles. The highest BCUT2D eigenvalue weighted by Crippen LogP contribution is 2.24. The van der Waals surface area contributed by atoms with Crippen LogP contribution in [0.25, 0.3) is 0 Å². The quantitative estimate of drug-likeness (QED) is 0.794. The van der Waals surface area contributed by atoms with Gasteiger partial charge in [-0.3, -0.25) is 0 Å². The lowest BCUT2D eigenvalue weighted by Gasteiger charge is -2.16. The van der Waals surface area contributed by atoms with Gasteiger partial charge in [0.25, 0.3) is 0 Å². The van der Waals surface area contributed by atoms with Crippen LogP contribution in [0.4, 0.5) is 10.1 Å². The lowest BCUT2D eigenvalue weighted by atomic mass is 10.1. The molecule has 0 saturated heterocycles. The number of anilines is 1. The largest absolute Gasteiger partial charge is 0.378 e. The molecule has 1 N–H and O–H groups in total. The Morgan fingerprint density at radius 2 is 1.83 bits per heavy atom. The second kappa shape index (κ2) is 5.72. The predicted octanol–water partition coefficient (Wildman–Crippen LogP) is 5.41. The minimum atomic E-state index is -0.340.